The topological polar surface area (TPSA) is 61.6 Å². The Kier molecular flexibility index (Phi) is 3.68. The molecule has 0 bridgehead atoms. The summed E-state index contributed by atoms with van der Waals surface area (Å²) in [5.41, 5.74) is 1.86. The van der Waals surface area contributed by atoms with E-state index in [-0.39, 0.29) is 0 Å². The van der Waals surface area contributed by atoms with E-state index >= 15 is 0 Å². The molecule has 0 atom stereocenters. The third kappa shape index (κ3) is 2.60. The Bertz CT molecular complexity index is 541. The van der Waals surface area contributed by atoms with Crippen LogP contribution < -0.4 is 5.32 Å². The number of nitrogens with zero attached hydrogens (tertiary/aromatic N) is 3. The summed E-state index contributed by atoms with van der Waals surface area (Å²) in [6, 6.07) is 5.88. The Hall–Kier alpha value is -1.93. The zero-order valence-electron chi connectivity index (χ0n) is 9.47. The van der Waals surface area contributed by atoms with Crippen LogP contribution in [0.5, 0.6) is 0 Å². The van der Waals surface area contributed by atoms with Crippen molar-refractivity contribution in [2.75, 3.05) is 5.32 Å². The van der Waals surface area contributed by atoms with Crippen molar-refractivity contribution in [2.24, 2.45) is 0 Å². The second kappa shape index (κ2) is 5.41. The maximum atomic E-state index is 8.92. The fourth-order valence-corrected chi connectivity index (χ4v) is 2.47. The van der Waals surface area contributed by atoms with Crippen molar-refractivity contribution in [1.29, 1.82) is 5.26 Å². The SMILES string of the molecule is CCc1ccsc1CNc1nnccc1C#N. The largest absolute Gasteiger partial charge is 0.363 e. The molecule has 0 aliphatic carbocycles. The summed E-state index contributed by atoms with van der Waals surface area (Å²) in [6.45, 7) is 2.82. The normalized spacial score (nSPS) is 9.88. The molecule has 2 rings (SSSR count). The first-order chi connectivity index (χ1) is 8.35. The molecule has 0 amide bonds. The second-order valence-electron chi connectivity index (χ2n) is 3.48. The fraction of sp³-hybridized carbons (Fsp3) is 0.250. The number of nitriles is 1. The van der Waals surface area contributed by atoms with Gasteiger partial charge in [0.25, 0.3) is 0 Å². The number of aryl methyl sites for hydroxylation is 1. The molecule has 0 saturated heterocycles. The summed E-state index contributed by atoms with van der Waals surface area (Å²) in [6.07, 6.45) is 2.54. The molecular weight excluding hydrogens is 232 g/mol. The first-order valence-corrected chi connectivity index (χ1v) is 6.24. The van der Waals surface area contributed by atoms with Gasteiger partial charge in [-0.05, 0) is 29.5 Å². The van der Waals surface area contributed by atoms with Gasteiger partial charge in [0, 0.05) is 4.88 Å². The first-order valence-electron chi connectivity index (χ1n) is 5.36. The van der Waals surface area contributed by atoms with Crippen LogP contribution in [0, 0.1) is 11.3 Å². The van der Waals surface area contributed by atoms with Crippen LogP contribution in [0.4, 0.5) is 5.82 Å². The molecule has 0 aromatic carbocycles. The van der Waals surface area contributed by atoms with Crippen molar-refractivity contribution in [3.8, 4) is 6.07 Å². The summed E-state index contributed by atoms with van der Waals surface area (Å²) >= 11 is 1.71. The maximum absolute atomic E-state index is 8.92. The number of hydrogen-bond acceptors (Lipinski definition) is 5. The van der Waals surface area contributed by atoms with Crippen molar-refractivity contribution >= 4 is 17.2 Å². The molecule has 17 heavy (non-hydrogen) atoms. The summed E-state index contributed by atoms with van der Waals surface area (Å²) in [7, 11) is 0. The lowest BCUT2D eigenvalue weighted by Crippen LogP contribution is -2.04. The Balaban J connectivity index is 2.10. The summed E-state index contributed by atoms with van der Waals surface area (Å²) in [5, 5.41) is 21.9. The number of thiophene rings is 1. The second-order valence-corrected chi connectivity index (χ2v) is 4.48. The molecule has 1 N–H and O–H groups in total. The molecule has 2 aromatic rings. The van der Waals surface area contributed by atoms with E-state index in [0.717, 1.165) is 6.42 Å². The molecule has 86 valence electrons. The van der Waals surface area contributed by atoms with Crippen LogP contribution in [0.2, 0.25) is 0 Å². The molecule has 0 aliphatic heterocycles. The summed E-state index contributed by atoms with van der Waals surface area (Å²) in [4.78, 5) is 1.28. The average molecular weight is 244 g/mol. The van der Waals surface area contributed by atoms with Gasteiger partial charge < -0.3 is 5.32 Å². The number of anilines is 1. The van der Waals surface area contributed by atoms with Crippen LogP contribution in [0.15, 0.2) is 23.7 Å². The smallest absolute Gasteiger partial charge is 0.166 e. The van der Waals surface area contributed by atoms with Gasteiger partial charge in [0.15, 0.2) is 5.82 Å². The van der Waals surface area contributed by atoms with Gasteiger partial charge in [0.05, 0.1) is 18.3 Å². The van der Waals surface area contributed by atoms with E-state index in [1.807, 2.05) is 0 Å². The Morgan fingerprint density at radius 3 is 3.12 bits per heavy atom. The Morgan fingerprint density at radius 1 is 1.47 bits per heavy atom. The minimum Gasteiger partial charge on any atom is -0.363 e. The lowest BCUT2D eigenvalue weighted by Gasteiger charge is -2.05. The lowest BCUT2D eigenvalue weighted by atomic mass is 10.2. The molecule has 2 aromatic heterocycles. The molecule has 0 radical (unpaired) electrons. The Labute approximate surface area is 104 Å². The number of rotatable bonds is 4. The van der Waals surface area contributed by atoms with E-state index < -0.39 is 0 Å². The van der Waals surface area contributed by atoms with Gasteiger partial charge in [-0.15, -0.1) is 16.4 Å². The van der Waals surface area contributed by atoms with Crippen LogP contribution in [-0.2, 0) is 13.0 Å². The van der Waals surface area contributed by atoms with Crippen molar-refractivity contribution in [3.63, 3.8) is 0 Å². The van der Waals surface area contributed by atoms with E-state index in [0.29, 0.717) is 17.9 Å². The fourth-order valence-electron chi connectivity index (χ4n) is 1.55. The summed E-state index contributed by atoms with van der Waals surface area (Å²) < 4.78 is 0. The third-order valence-corrected chi connectivity index (χ3v) is 3.44. The van der Waals surface area contributed by atoms with Gasteiger partial charge in [0.2, 0.25) is 0 Å². The number of aromatic nitrogens is 2. The van der Waals surface area contributed by atoms with E-state index in [2.05, 4.69) is 40.0 Å². The molecular formula is C12H12N4S. The lowest BCUT2D eigenvalue weighted by molar-refractivity contribution is 0.991. The van der Waals surface area contributed by atoms with Gasteiger partial charge >= 0.3 is 0 Å². The van der Waals surface area contributed by atoms with Gasteiger partial charge in [-0.1, -0.05) is 6.92 Å². The molecule has 0 unspecified atom stereocenters. The molecule has 0 fully saturated rings. The zero-order chi connectivity index (χ0) is 12.1. The Morgan fingerprint density at radius 2 is 2.35 bits per heavy atom. The van der Waals surface area contributed by atoms with Crippen molar-refractivity contribution < 1.29 is 0 Å². The molecule has 0 aliphatic rings. The molecule has 5 heteroatoms. The maximum Gasteiger partial charge on any atom is 0.166 e. The van der Waals surface area contributed by atoms with E-state index in [9.17, 15) is 0 Å². The molecule has 0 spiro atoms. The average Bonchev–Trinajstić information content (AvgIpc) is 2.84. The monoisotopic (exact) mass is 244 g/mol. The van der Waals surface area contributed by atoms with Crippen molar-refractivity contribution in [3.05, 3.63) is 39.7 Å². The van der Waals surface area contributed by atoms with Gasteiger partial charge in [0.1, 0.15) is 6.07 Å². The van der Waals surface area contributed by atoms with Crippen LogP contribution in [-0.4, -0.2) is 10.2 Å². The number of hydrogen-bond donors (Lipinski definition) is 1. The quantitative estimate of drug-likeness (QED) is 0.898. The van der Waals surface area contributed by atoms with Crippen molar-refractivity contribution in [1.82, 2.24) is 10.2 Å². The van der Waals surface area contributed by atoms with Crippen LogP contribution in [0.3, 0.4) is 0 Å². The van der Waals surface area contributed by atoms with E-state index in [1.54, 1.807) is 17.4 Å². The predicted molar refractivity (Wildman–Crippen MR) is 67.8 cm³/mol. The predicted octanol–water partition coefficient (Wildman–Crippen LogP) is 2.58. The van der Waals surface area contributed by atoms with E-state index in [1.165, 1.54) is 16.6 Å². The highest BCUT2D eigenvalue weighted by Gasteiger charge is 2.05. The zero-order valence-corrected chi connectivity index (χ0v) is 10.3. The highest BCUT2D eigenvalue weighted by molar-refractivity contribution is 7.10. The van der Waals surface area contributed by atoms with E-state index in [4.69, 9.17) is 5.26 Å². The van der Waals surface area contributed by atoms with Gasteiger partial charge in [-0.2, -0.15) is 10.4 Å². The molecule has 4 nitrogen and oxygen atoms in total. The molecule has 0 saturated carbocycles. The highest BCUT2D eigenvalue weighted by Crippen LogP contribution is 2.19. The molecule has 2 heterocycles. The highest BCUT2D eigenvalue weighted by atomic mass is 32.1. The first kappa shape index (κ1) is 11.6. The third-order valence-electron chi connectivity index (χ3n) is 2.48. The van der Waals surface area contributed by atoms with Crippen LogP contribution in [0.25, 0.3) is 0 Å². The minimum absolute atomic E-state index is 0.523. The van der Waals surface area contributed by atoms with Crippen LogP contribution >= 0.6 is 11.3 Å². The van der Waals surface area contributed by atoms with Crippen LogP contribution in [0.1, 0.15) is 22.9 Å². The minimum atomic E-state index is 0.523. The standard InChI is InChI=1S/C12H12N4S/c1-2-9-4-6-17-11(9)8-14-12-10(7-13)3-5-15-16-12/h3-6H,2,8H2,1H3,(H,14,16). The van der Waals surface area contributed by atoms with Gasteiger partial charge in [-0.3, -0.25) is 0 Å². The van der Waals surface area contributed by atoms with Crippen molar-refractivity contribution in [2.45, 2.75) is 19.9 Å². The summed E-state index contributed by atoms with van der Waals surface area (Å²) in [5.74, 6) is 0.547. The van der Waals surface area contributed by atoms with Gasteiger partial charge in [-0.25, -0.2) is 0 Å². The number of nitrogens with one attached hydrogen (secondary N) is 1.